The molecule has 1 heterocycles. The average Bonchev–Trinajstić information content (AvgIpc) is 3.18. The highest BCUT2D eigenvalue weighted by atomic mass is 35.5. The first kappa shape index (κ1) is 28.0. The van der Waals surface area contributed by atoms with Gasteiger partial charge in [-0.1, -0.05) is 37.4 Å². The topological polar surface area (TPSA) is 96.3 Å². The third kappa shape index (κ3) is 5.88. The number of rotatable bonds is 10. The van der Waals surface area contributed by atoms with Gasteiger partial charge in [0.1, 0.15) is 11.5 Å². The first-order valence-electron chi connectivity index (χ1n) is 13.0. The van der Waals surface area contributed by atoms with Gasteiger partial charge in [0.2, 0.25) is 0 Å². The molecule has 1 aliphatic rings. The minimum Gasteiger partial charge on any atom is -0.507 e. The van der Waals surface area contributed by atoms with Gasteiger partial charge in [-0.2, -0.15) is 0 Å². The molecule has 1 amide bonds. The normalized spacial score (nSPS) is 16.5. The standard InChI is InChI=1S/C31H32ClNO6/c1-4-6-7-16-39-23-12-8-20(9-13-23)29(35)27-28(21-10-15-25(34)26(18-21)38-5-2)33(31(37)30(27)36)24-14-11-22(32)17-19(24)3/h8-15,17-18,28,34-35H,4-7,16H2,1-3H3/b29-27+. The number of aromatic hydroxyl groups is 1. The summed E-state index contributed by atoms with van der Waals surface area (Å²) in [6.45, 7) is 6.60. The van der Waals surface area contributed by atoms with E-state index in [4.69, 9.17) is 21.1 Å². The summed E-state index contributed by atoms with van der Waals surface area (Å²) in [7, 11) is 0. The number of aliphatic hydroxyl groups is 1. The molecule has 1 fully saturated rings. The van der Waals surface area contributed by atoms with Gasteiger partial charge in [0.05, 0.1) is 24.8 Å². The molecule has 0 saturated carbocycles. The number of benzene rings is 3. The summed E-state index contributed by atoms with van der Waals surface area (Å²) in [4.78, 5) is 28.3. The Morgan fingerprint density at radius 3 is 2.38 bits per heavy atom. The molecule has 4 rings (SSSR count). The Morgan fingerprint density at radius 2 is 1.72 bits per heavy atom. The number of phenols is 1. The predicted molar refractivity (Wildman–Crippen MR) is 152 cm³/mol. The zero-order valence-corrected chi connectivity index (χ0v) is 23.0. The quantitative estimate of drug-likeness (QED) is 0.123. The first-order chi connectivity index (χ1) is 18.8. The highest BCUT2D eigenvalue weighted by Crippen LogP contribution is 2.45. The van der Waals surface area contributed by atoms with Crippen LogP contribution in [0.25, 0.3) is 5.76 Å². The Bertz CT molecular complexity index is 1400. The number of unbranched alkanes of at least 4 members (excludes halogenated alkanes) is 2. The van der Waals surface area contributed by atoms with Crippen LogP contribution in [0.3, 0.4) is 0 Å². The third-order valence-electron chi connectivity index (χ3n) is 6.61. The molecular formula is C31H32ClNO6. The summed E-state index contributed by atoms with van der Waals surface area (Å²) in [6.07, 6.45) is 3.12. The van der Waals surface area contributed by atoms with E-state index in [0.717, 1.165) is 19.3 Å². The van der Waals surface area contributed by atoms with Gasteiger partial charge in [-0.05, 0) is 86.0 Å². The van der Waals surface area contributed by atoms with Gasteiger partial charge in [0.15, 0.2) is 11.5 Å². The molecule has 3 aromatic carbocycles. The van der Waals surface area contributed by atoms with Crippen LogP contribution in [0.1, 0.15) is 55.8 Å². The third-order valence-corrected chi connectivity index (χ3v) is 6.84. The monoisotopic (exact) mass is 549 g/mol. The molecular weight excluding hydrogens is 518 g/mol. The van der Waals surface area contributed by atoms with Gasteiger partial charge in [-0.25, -0.2) is 0 Å². The number of phenolic OH excluding ortho intramolecular Hbond substituents is 1. The van der Waals surface area contributed by atoms with Crippen LogP contribution in [-0.4, -0.2) is 35.1 Å². The first-order valence-corrected chi connectivity index (χ1v) is 13.4. The van der Waals surface area contributed by atoms with Crippen molar-refractivity contribution in [1.29, 1.82) is 0 Å². The summed E-state index contributed by atoms with van der Waals surface area (Å²) in [5.74, 6) is -1.13. The lowest BCUT2D eigenvalue weighted by atomic mass is 9.94. The summed E-state index contributed by atoms with van der Waals surface area (Å²) in [5, 5.41) is 22.2. The van der Waals surface area contributed by atoms with Gasteiger partial charge in [-0.15, -0.1) is 0 Å². The lowest BCUT2D eigenvalue weighted by molar-refractivity contribution is -0.132. The number of Topliss-reactive ketones (excluding diaryl/α,β-unsaturated/α-hetero) is 1. The summed E-state index contributed by atoms with van der Waals surface area (Å²) >= 11 is 6.16. The highest BCUT2D eigenvalue weighted by Gasteiger charge is 2.47. The SMILES string of the molecule is CCCCCOc1ccc(/C(O)=C2\C(=O)C(=O)N(c3ccc(Cl)cc3C)C2c2ccc(O)c(OCC)c2)cc1. The number of aliphatic hydroxyl groups excluding tert-OH is 1. The zero-order chi connectivity index (χ0) is 28.1. The Balaban J connectivity index is 1.82. The molecule has 0 radical (unpaired) electrons. The summed E-state index contributed by atoms with van der Waals surface area (Å²) in [5.41, 5.74) is 1.95. The van der Waals surface area contributed by atoms with Crippen molar-refractivity contribution in [2.24, 2.45) is 0 Å². The molecule has 0 spiro atoms. The lowest BCUT2D eigenvalue weighted by Gasteiger charge is -2.27. The number of halogens is 1. The van der Waals surface area contributed by atoms with E-state index in [2.05, 4.69) is 6.92 Å². The van der Waals surface area contributed by atoms with E-state index >= 15 is 0 Å². The molecule has 1 saturated heterocycles. The minimum atomic E-state index is -0.977. The minimum absolute atomic E-state index is 0.0703. The second-order valence-electron chi connectivity index (χ2n) is 9.34. The van der Waals surface area contributed by atoms with Crippen LogP contribution in [0.5, 0.6) is 17.2 Å². The number of anilines is 1. The summed E-state index contributed by atoms with van der Waals surface area (Å²) in [6, 6.07) is 15.4. The molecule has 0 aliphatic carbocycles. The van der Waals surface area contributed by atoms with Crippen molar-refractivity contribution in [2.45, 2.75) is 46.1 Å². The number of aryl methyl sites for hydroxylation is 1. The van der Waals surface area contributed by atoms with Crippen molar-refractivity contribution in [2.75, 3.05) is 18.1 Å². The number of carbonyl (C=O) groups excluding carboxylic acids is 2. The molecule has 1 aliphatic heterocycles. The molecule has 0 bridgehead atoms. The van der Waals surface area contributed by atoms with Crippen LogP contribution in [0.2, 0.25) is 5.02 Å². The van der Waals surface area contributed by atoms with Crippen molar-refractivity contribution in [3.63, 3.8) is 0 Å². The zero-order valence-electron chi connectivity index (χ0n) is 22.2. The van der Waals surface area contributed by atoms with E-state index in [1.807, 2.05) is 0 Å². The largest absolute Gasteiger partial charge is 0.507 e. The second-order valence-corrected chi connectivity index (χ2v) is 9.78. The second kappa shape index (κ2) is 12.3. The van der Waals surface area contributed by atoms with Crippen molar-refractivity contribution in [1.82, 2.24) is 0 Å². The maximum atomic E-state index is 13.5. The Morgan fingerprint density at radius 1 is 0.974 bits per heavy atom. The molecule has 8 heteroatoms. The number of hydrogen-bond acceptors (Lipinski definition) is 6. The van der Waals surface area contributed by atoms with E-state index in [1.165, 1.54) is 11.0 Å². The van der Waals surface area contributed by atoms with E-state index in [1.54, 1.807) is 68.4 Å². The molecule has 7 nitrogen and oxygen atoms in total. The number of nitrogens with zero attached hydrogens (tertiary/aromatic N) is 1. The van der Waals surface area contributed by atoms with E-state index < -0.39 is 17.7 Å². The van der Waals surface area contributed by atoms with Gasteiger partial charge < -0.3 is 19.7 Å². The fourth-order valence-electron chi connectivity index (χ4n) is 4.66. The van der Waals surface area contributed by atoms with Gasteiger partial charge in [0, 0.05) is 16.3 Å². The lowest BCUT2D eigenvalue weighted by Crippen LogP contribution is -2.30. The van der Waals surface area contributed by atoms with Crippen molar-refractivity contribution in [3.8, 4) is 17.2 Å². The highest BCUT2D eigenvalue weighted by molar-refractivity contribution is 6.51. The van der Waals surface area contributed by atoms with Gasteiger partial charge >= 0.3 is 0 Å². The number of hydrogen-bond donors (Lipinski definition) is 2. The Labute approximate surface area is 233 Å². The Hall–Kier alpha value is -3.97. The molecule has 204 valence electrons. The van der Waals surface area contributed by atoms with Crippen LogP contribution in [0.15, 0.2) is 66.2 Å². The van der Waals surface area contributed by atoms with E-state index in [-0.39, 0.29) is 22.8 Å². The molecule has 3 aromatic rings. The summed E-state index contributed by atoms with van der Waals surface area (Å²) < 4.78 is 11.3. The van der Waals surface area contributed by atoms with Crippen LogP contribution in [0.4, 0.5) is 5.69 Å². The van der Waals surface area contributed by atoms with E-state index in [9.17, 15) is 19.8 Å². The predicted octanol–water partition coefficient (Wildman–Crippen LogP) is 6.95. The molecule has 1 atom stereocenters. The number of ketones is 1. The number of carbonyl (C=O) groups is 2. The van der Waals surface area contributed by atoms with Crippen LogP contribution < -0.4 is 14.4 Å². The van der Waals surface area contributed by atoms with Gasteiger partial charge in [0.25, 0.3) is 11.7 Å². The van der Waals surface area contributed by atoms with Crippen molar-refractivity contribution in [3.05, 3.63) is 87.9 Å². The van der Waals surface area contributed by atoms with Crippen LogP contribution in [0, 0.1) is 6.92 Å². The molecule has 2 N–H and O–H groups in total. The molecule has 0 aromatic heterocycles. The van der Waals surface area contributed by atoms with Gasteiger partial charge in [-0.3, -0.25) is 14.5 Å². The number of amides is 1. The maximum absolute atomic E-state index is 13.5. The van der Waals surface area contributed by atoms with E-state index in [0.29, 0.717) is 46.4 Å². The molecule has 1 unspecified atom stereocenters. The smallest absolute Gasteiger partial charge is 0.300 e. The molecule has 39 heavy (non-hydrogen) atoms. The average molecular weight is 550 g/mol. The van der Waals surface area contributed by atoms with Crippen LogP contribution >= 0.6 is 11.6 Å². The fourth-order valence-corrected chi connectivity index (χ4v) is 4.89. The van der Waals surface area contributed by atoms with Crippen molar-refractivity contribution >= 4 is 34.7 Å². The fraction of sp³-hybridized carbons (Fsp3) is 0.290. The van der Waals surface area contributed by atoms with Crippen molar-refractivity contribution < 1.29 is 29.3 Å². The van der Waals surface area contributed by atoms with Crippen LogP contribution in [-0.2, 0) is 9.59 Å². The number of ether oxygens (including phenoxy) is 2. The Kier molecular flexibility index (Phi) is 8.82. The maximum Gasteiger partial charge on any atom is 0.300 e.